The number of nitrogens with zero attached hydrogens (tertiary/aromatic N) is 2. The molecule has 17 heavy (non-hydrogen) atoms. The number of likely N-dealkylation sites (tertiary alicyclic amines) is 2. The van der Waals surface area contributed by atoms with Gasteiger partial charge >= 0.3 is 0 Å². The molecule has 0 amide bonds. The van der Waals surface area contributed by atoms with Crippen LogP contribution in [0.25, 0.3) is 0 Å². The van der Waals surface area contributed by atoms with E-state index in [1.165, 1.54) is 38.9 Å². The van der Waals surface area contributed by atoms with Crippen LogP contribution in [0.1, 0.15) is 25.7 Å². The maximum atomic E-state index is 8.88. The van der Waals surface area contributed by atoms with Gasteiger partial charge in [0.1, 0.15) is 0 Å². The molecule has 4 heteroatoms. The number of piperidine rings is 2. The molecule has 2 aliphatic heterocycles. The molecule has 3 N–H and O–H groups in total. The minimum atomic E-state index is 0.137. The Morgan fingerprint density at radius 3 is 2.94 bits per heavy atom. The molecule has 0 spiro atoms. The third-order valence-electron chi connectivity index (χ3n) is 4.42. The van der Waals surface area contributed by atoms with Crippen LogP contribution in [0.4, 0.5) is 0 Å². The lowest BCUT2D eigenvalue weighted by Crippen LogP contribution is -2.54. The quantitative estimate of drug-likeness (QED) is 0.734. The van der Waals surface area contributed by atoms with E-state index in [2.05, 4.69) is 16.8 Å². The predicted molar refractivity (Wildman–Crippen MR) is 69.9 cm³/mol. The summed E-state index contributed by atoms with van der Waals surface area (Å²) in [6.45, 7) is 4.81. The van der Waals surface area contributed by atoms with Gasteiger partial charge in [0, 0.05) is 31.8 Å². The fourth-order valence-corrected chi connectivity index (χ4v) is 3.48. The SMILES string of the molecule is CN1CCCC2CN(CC(N)CCO)CCC21. The summed E-state index contributed by atoms with van der Waals surface area (Å²) in [5.74, 6) is 0.837. The first-order valence-corrected chi connectivity index (χ1v) is 6.99. The van der Waals surface area contributed by atoms with Gasteiger partial charge in [-0.2, -0.15) is 0 Å². The molecular formula is C13H27N3O. The Morgan fingerprint density at radius 1 is 1.35 bits per heavy atom. The molecular weight excluding hydrogens is 214 g/mol. The Kier molecular flexibility index (Phi) is 4.79. The summed E-state index contributed by atoms with van der Waals surface area (Å²) in [4.78, 5) is 5.04. The zero-order valence-electron chi connectivity index (χ0n) is 11.0. The van der Waals surface area contributed by atoms with Crippen LogP contribution in [-0.2, 0) is 0 Å². The third-order valence-corrected chi connectivity index (χ3v) is 4.42. The normalized spacial score (nSPS) is 33.4. The van der Waals surface area contributed by atoms with E-state index in [0.717, 1.165) is 24.9 Å². The van der Waals surface area contributed by atoms with Gasteiger partial charge in [0.25, 0.3) is 0 Å². The second kappa shape index (κ2) is 6.14. The standard InChI is InChI=1S/C13H27N3O/c1-15-6-2-3-11-9-16(7-4-13(11)15)10-12(14)5-8-17/h11-13,17H,2-10,14H2,1H3. The molecule has 0 aromatic heterocycles. The van der Waals surface area contributed by atoms with Crippen molar-refractivity contribution in [1.29, 1.82) is 0 Å². The van der Waals surface area contributed by atoms with Crippen molar-refractivity contribution in [2.24, 2.45) is 11.7 Å². The number of hydrogen-bond acceptors (Lipinski definition) is 4. The molecule has 2 aliphatic rings. The highest BCUT2D eigenvalue weighted by molar-refractivity contribution is 4.89. The van der Waals surface area contributed by atoms with Gasteiger partial charge in [-0.25, -0.2) is 0 Å². The van der Waals surface area contributed by atoms with Crippen LogP contribution in [0, 0.1) is 5.92 Å². The summed E-state index contributed by atoms with van der Waals surface area (Å²) in [6.07, 6.45) is 4.73. The van der Waals surface area contributed by atoms with E-state index in [4.69, 9.17) is 10.8 Å². The minimum Gasteiger partial charge on any atom is -0.396 e. The zero-order chi connectivity index (χ0) is 12.3. The largest absolute Gasteiger partial charge is 0.396 e. The average Bonchev–Trinajstić information content (AvgIpc) is 2.29. The molecule has 0 aliphatic carbocycles. The average molecular weight is 241 g/mol. The van der Waals surface area contributed by atoms with Crippen molar-refractivity contribution in [3.05, 3.63) is 0 Å². The summed E-state index contributed by atoms with van der Waals surface area (Å²) < 4.78 is 0. The molecule has 4 nitrogen and oxygen atoms in total. The molecule has 3 atom stereocenters. The highest BCUT2D eigenvalue weighted by Gasteiger charge is 2.34. The molecule has 2 fully saturated rings. The van der Waals surface area contributed by atoms with Crippen LogP contribution < -0.4 is 5.73 Å². The van der Waals surface area contributed by atoms with E-state index < -0.39 is 0 Å². The Labute approximate surface area is 105 Å². The van der Waals surface area contributed by atoms with Gasteiger partial charge in [0.2, 0.25) is 0 Å². The number of fused-ring (bicyclic) bond motifs is 1. The summed E-state index contributed by atoms with van der Waals surface area (Å²) in [5, 5.41) is 8.88. The highest BCUT2D eigenvalue weighted by Crippen LogP contribution is 2.29. The van der Waals surface area contributed by atoms with Crippen molar-refractivity contribution in [1.82, 2.24) is 9.80 Å². The van der Waals surface area contributed by atoms with Gasteiger partial charge in [0.15, 0.2) is 0 Å². The lowest BCUT2D eigenvalue weighted by molar-refractivity contribution is 0.0355. The maximum Gasteiger partial charge on any atom is 0.0446 e. The van der Waals surface area contributed by atoms with Crippen LogP contribution in [0.2, 0.25) is 0 Å². The number of nitrogens with two attached hydrogens (primary N) is 1. The van der Waals surface area contributed by atoms with Crippen molar-refractivity contribution < 1.29 is 5.11 Å². The predicted octanol–water partition coefficient (Wildman–Crippen LogP) is 0.112. The molecule has 2 heterocycles. The Hall–Kier alpha value is -0.160. The summed E-state index contributed by atoms with van der Waals surface area (Å²) in [6, 6.07) is 0.937. The van der Waals surface area contributed by atoms with Gasteiger partial charge in [-0.15, -0.1) is 0 Å². The Balaban J connectivity index is 1.81. The van der Waals surface area contributed by atoms with Crippen molar-refractivity contribution in [3.8, 4) is 0 Å². The minimum absolute atomic E-state index is 0.137. The van der Waals surface area contributed by atoms with Crippen LogP contribution in [0.3, 0.4) is 0 Å². The second-order valence-corrected chi connectivity index (χ2v) is 5.77. The van der Waals surface area contributed by atoms with E-state index in [9.17, 15) is 0 Å². The van der Waals surface area contributed by atoms with E-state index in [-0.39, 0.29) is 12.6 Å². The smallest absolute Gasteiger partial charge is 0.0446 e. The Morgan fingerprint density at radius 2 is 2.18 bits per heavy atom. The monoisotopic (exact) mass is 241 g/mol. The molecule has 0 bridgehead atoms. The van der Waals surface area contributed by atoms with Gasteiger partial charge in [0.05, 0.1) is 0 Å². The summed E-state index contributed by atoms with van der Waals surface area (Å²) in [5.41, 5.74) is 6.00. The molecule has 0 saturated carbocycles. The first-order chi connectivity index (χ1) is 8.20. The fraction of sp³-hybridized carbons (Fsp3) is 1.00. The van der Waals surface area contributed by atoms with Gasteiger partial charge in [-0.05, 0) is 51.7 Å². The van der Waals surface area contributed by atoms with Crippen molar-refractivity contribution >= 4 is 0 Å². The lowest BCUT2D eigenvalue weighted by atomic mass is 9.84. The van der Waals surface area contributed by atoms with Gasteiger partial charge in [-0.3, -0.25) is 0 Å². The van der Waals surface area contributed by atoms with E-state index in [1.54, 1.807) is 0 Å². The highest BCUT2D eigenvalue weighted by atomic mass is 16.3. The zero-order valence-corrected chi connectivity index (χ0v) is 11.0. The molecule has 3 unspecified atom stereocenters. The van der Waals surface area contributed by atoms with Crippen LogP contribution in [0.15, 0.2) is 0 Å². The topological polar surface area (TPSA) is 52.7 Å². The number of aliphatic hydroxyl groups is 1. The lowest BCUT2D eigenvalue weighted by Gasteiger charge is -2.46. The molecule has 0 aromatic carbocycles. The van der Waals surface area contributed by atoms with Gasteiger partial charge in [-0.1, -0.05) is 0 Å². The third kappa shape index (κ3) is 3.41. The number of aliphatic hydroxyl groups excluding tert-OH is 1. The summed E-state index contributed by atoms with van der Waals surface area (Å²) in [7, 11) is 2.27. The van der Waals surface area contributed by atoms with Crippen molar-refractivity contribution in [2.45, 2.75) is 37.8 Å². The van der Waals surface area contributed by atoms with Crippen LogP contribution >= 0.6 is 0 Å². The molecule has 2 saturated heterocycles. The number of rotatable bonds is 4. The maximum absolute atomic E-state index is 8.88. The molecule has 0 aromatic rings. The van der Waals surface area contributed by atoms with E-state index in [0.29, 0.717) is 0 Å². The van der Waals surface area contributed by atoms with Crippen LogP contribution in [0.5, 0.6) is 0 Å². The van der Waals surface area contributed by atoms with Gasteiger partial charge < -0.3 is 20.6 Å². The molecule has 2 rings (SSSR count). The molecule has 0 radical (unpaired) electrons. The summed E-state index contributed by atoms with van der Waals surface area (Å²) >= 11 is 0. The van der Waals surface area contributed by atoms with Crippen molar-refractivity contribution in [2.75, 3.05) is 39.8 Å². The first-order valence-electron chi connectivity index (χ1n) is 6.99. The first kappa shape index (κ1) is 13.3. The Bertz CT molecular complexity index is 237. The fourth-order valence-electron chi connectivity index (χ4n) is 3.48. The second-order valence-electron chi connectivity index (χ2n) is 5.77. The number of hydrogen-bond donors (Lipinski definition) is 2. The molecule has 100 valence electrons. The van der Waals surface area contributed by atoms with E-state index >= 15 is 0 Å². The van der Waals surface area contributed by atoms with Crippen LogP contribution in [-0.4, -0.2) is 66.8 Å². The van der Waals surface area contributed by atoms with E-state index in [1.807, 2.05) is 0 Å². The van der Waals surface area contributed by atoms with Crippen molar-refractivity contribution in [3.63, 3.8) is 0 Å².